The van der Waals surface area contributed by atoms with Gasteiger partial charge in [0.15, 0.2) is 0 Å². The lowest BCUT2D eigenvalue weighted by atomic mass is 10.5. The second-order valence-electron chi connectivity index (χ2n) is 2.04. The van der Waals surface area contributed by atoms with Crippen molar-refractivity contribution in [3.05, 3.63) is 21.0 Å². The molecule has 1 heterocycles. The number of esters is 1. The van der Waals surface area contributed by atoms with Gasteiger partial charge in [-0.1, -0.05) is 11.6 Å². The number of pyridine rings is 1. The molecule has 64 valence electrons. The highest BCUT2D eigenvalue weighted by atomic mass is 127. The second kappa shape index (κ2) is 4.04. The van der Waals surface area contributed by atoms with Gasteiger partial charge in [0.05, 0.1) is 9.77 Å². The van der Waals surface area contributed by atoms with Crippen molar-refractivity contribution < 1.29 is 9.53 Å². The van der Waals surface area contributed by atoms with E-state index >= 15 is 0 Å². The number of carbonyl (C=O) groups excluding carboxylic acids is 1. The zero-order chi connectivity index (χ0) is 9.14. The van der Waals surface area contributed by atoms with Crippen LogP contribution < -0.4 is 4.74 Å². The summed E-state index contributed by atoms with van der Waals surface area (Å²) in [5.41, 5.74) is 0. The number of hydrogen-bond donors (Lipinski definition) is 0. The molecular weight excluding hydrogens is 292 g/mol. The molecule has 0 atom stereocenters. The second-order valence-corrected chi connectivity index (χ2v) is 3.56. The van der Waals surface area contributed by atoms with Crippen molar-refractivity contribution in [1.29, 1.82) is 0 Å². The Morgan fingerprint density at radius 1 is 1.75 bits per heavy atom. The van der Waals surface area contributed by atoms with Gasteiger partial charge in [-0.05, 0) is 28.7 Å². The first-order valence-corrected chi connectivity index (χ1v) is 4.54. The minimum absolute atomic E-state index is 0.366. The maximum atomic E-state index is 10.5. The maximum Gasteiger partial charge on any atom is 0.308 e. The van der Waals surface area contributed by atoms with Crippen molar-refractivity contribution in [1.82, 2.24) is 4.98 Å². The van der Waals surface area contributed by atoms with Crippen LogP contribution >= 0.6 is 34.2 Å². The molecule has 0 aliphatic heterocycles. The molecule has 0 spiro atoms. The van der Waals surface area contributed by atoms with Crippen molar-refractivity contribution in [2.24, 2.45) is 0 Å². The van der Waals surface area contributed by atoms with Crippen molar-refractivity contribution in [2.45, 2.75) is 6.92 Å². The Morgan fingerprint density at radius 3 is 2.92 bits per heavy atom. The molecule has 0 amide bonds. The van der Waals surface area contributed by atoms with Gasteiger partial charge in [-0.25, -0.2) is 4.98 Å². The normalized spacial score (nSPS) is 9.58. The SMILES string of the molecule is CC(=O)Oc1cnc(Cl)c(I)c1. The van der Waals surface area contributed by atoms with E-state index in [2.05, 4.69) is 4.98 Å². The Bertz CT molecular complexity index is 316. The fourth-order valence-electron chi connectivity index (χ4n) is 0.625. The van der Waals surface area contributed by atoms with E-state index in [-0.39, 0.29) is 5.97 Å². The van der Waals surface area contributed by atoms with Gasteiger partial charge in [0.2, 0.25) is 0 Å². The Hall–Kier alpha value is -0.360. The summed E-state index contributed by atoms with van der Waals surface area (Å²) in [6, 6.07) is 1.65. The topological polar surface area (TPSA) is 39.2 Å². The van der Waals surface area contributed by atoms with Crippen molar-refractivity contribution >= 4 is 40.2 Å². The first-order valence-electron chi connectivity index (χ1n) is 3.09. The average molecular weight is 297 g/mol. The molecule has 0 fully saturated rings. The monoisotopic (exact) mass is 297 g/mol. The third-order valence-corrected chi connectivity index (χ3v) is 2.48. The van der Waals surface area contributed by atoms with Crippen LogP contribution in [0.3, 0.4) is 0 Å². The van der Waals surface area contributed by atoms with Crippen molar-refractivity contribution in [3.63, 3.8) is 0 Å². The summed E-state index contributed by atoms with van der Waals surface area (Å²) in [4.78, 5) is 14.3. The molecule has 5 heteroatoms. The van der Waals surface area contributed by atoms with Crippen LogP contribution in [0.15, 0.2) is 12.3 Å². The van der Waals surface area contributed by atoms with Crippen LogP contribution in [0.4, 0.5) is 0 Å². The first-order chi connectivity index (χ1) is 5.59. The standard InChI is InChI=1S/C7H5ClINO2/c1-4(11)12-5-2-6(9)7(8)10-3-5/h2-3H,1H3. The van der Waals surface area contributed by atoms with Gasteiger partial charge in [0.25, 0.3) is 0 Å². The molecule has 0 aliphatic rings. The van der Waals surface area contributed by atoms with Crippen LogP contribution in [0, 0.1) is 3.57 Å². The van der Waals surface area contributed by atoms with Crippen LogP contribution in [0.25, 0.3) is 0 Å². The number of rotatable bonds is 1. The summed E-state index contributed by atoms with van der Waals surface area (Å²) < 4.78 is 5.54. The van der Waals surface area contributed by atoms with E-state index in [0.717, 1.165) is 3.57 Å². The molecule has 0 saturated carbocycles. The van der Waals surface area contributed by atoms with Gasteiger partial charge in [-0.15, -0.1) is 0 Å². The van der Waals surface area contributed by atoms with Crippen molar-refractivity contribution in [2.75, 3.05) is 0 Å². The number of hydrogen-bond acceptors (Lipinski definition) is 3. The number of carbonyl (C=O) groups is 1. The Morgan fingerprint density at radius 2 is 2.42 bits per heavy atom. The van der Waals surface area contributed by atoms with Gasteiger partial charge in [0.1, 0.15) is 10.9 Å². The molecule has 1 aromatic heterocycles. The van der Waals surface area contributed by atoms with E-state index in [1.807, 2.05) is 22.6 Å². The van der Waals surface area contributed by atoms with E-state index < -0.39 is 0 Å². The first kappa shape index (κ1) is 9.73. The van der Waals surface area contributed by atoms with Gasteiger partial charge >= 0.3 is 5.97 Å². The molecule has 0 saturated heterocycles. The Balaban J connectivity index is 2.89. The molecule has 12 heavy (non-hydrogen) atoms. The van der Waals surface area contributed by atoms with E-state index in [4.69, 9.17) is 16.3 Å². The van der Waals surface area contributed by atoms with Crippen LogP contribution in [0.2, 0.25) is 5.15 Å². The summed E-state index contributed by atoms with van der Waals surface area (Å²) in [6.45, 7) is 1.33. The Kier molecular flexibility index (Phi) is 3.28. The molecule has 0 aliphatic carbocycles. The molecule has 1 rings (SSSR count). The van der Waals surface area contributed by atoms with Crippen LogP contribution in [0.5, 0.6) is 5.75 Å². The lowest BCUT2D eigenvalue weighted by molar-refractivity contribution is -0.131. The summed E-state index contributed by atoms with van der Waals surface area (Å²) in [7, 11) is 0. The van der Waals surface area contributed by atoms with Gasteiger partial charge < -0.3 is 4.74 Å². The quantitative estimate of drug-likeness (QED) is 0.453. The molecule has 3 nitrogen and oxygen atoms in total. The number of nitrogens with zero attached hydrogens (tertiary/aromatic N) is 1. The summed E-state index contributed by atoms with van der Waals surface area (Å²) in [5.74, 6) is 0.0474. The van der Waals surface area contributed by atoms with Crippen molar-refractivity contribution in [3.8, 4) is 5.75 Å². The largest absolute Gasteiger partial charge is 0.425 e. The third-order valence-electron chi connectivity index (χ3n) is 1.03. The maximum absolute atomic E-state index is 10.5. The van der Waals surface area contributed by atoms with E-state index in [1.165, 1.54) is 13.1 Å². The predicted octanol–water partition coefficient (Wildman–Crippen LogP) is 2.26. The lowest BCUT2D eigenvalue weighted by Gasteiger charge is -2.00. The minimum Gasteiger partial charge on any atom is -0.425 e. The van der Waals surface area contributed by atoms with Gasteiger partial charge in [-0.3, -0.25) is 4.79 Å². The number of halogens is 2. The fraction of sp³-hybridized carbons (Fsp3) is 0.143. The summed E-state index contributed by atoms with van der Waals surface area (Å²) >= 11 is 7.67. The third kappa shape index (κ3) is 2.60. The molecule has 0 N–H and O–H groups in total. The van der Waals surface area contributed by atoms with E-state index in [0.29, 0.717) is 10.9 Å². The summed E-state index contributed by atoms with van der Waals surface area (Å²) in [5, 5.41) is 0.409. The van der Waals surface area contributed by atoms with Gasteiger partial charge in [-0.2, -0.15) is 0 Å². The highest BCUT2D eigenvalue weighted by Gasteiger charge is 2.02. The van der Waals surface area contributed by atoms with E-state index in [9.17, 15) is 4.79 Å². The zero-order valence-electron chi connectivity index (χ0n) is 6.17. The number of ether oxygens (including phenoxy) is 1. The molecule has 0 radical (unpaired) electrons. The molecule has 1 aromatic rings. The molecule has 0 bridgehead atoms. The lowest BCUT2D eigenvalue weighted by Crippen LogP contribution is -2.01. The fourth-order valence-corrected chi connectivity index (χ4v) is 1.17. The smallest absolute Gasteiger partial charge is 0.308 e. The van der Waals surface area contributed by atoms with Crippen LogP contribution in [0.1, 0.15) is 6.92 Å². The molecule has 0 aromatic carbocycles. The predicted molar refractivity (Wildman–Crippen MR) is 53.3 cm³/mol. The Labute approximate surface area is 88.2 Å². The highest BCUT2D eigenvalue weighted by Crippen LogP contribution is 2.20. The molecular formula is C7H5ClINO2. The highest BCUT2D eigenvalue weighted by molar-refractivity contribution is 14.1. The summed E-state index contributed by atoms with van der Waals surface area (Å²) in [6.07, 6.45) is 1.41. The van der Waals surface area contributed by atoms with Crippen LogP contribution in [-0.2, 0) is 4.79 Å². The van der Waals surface area contributed by atoms with Gasteiger partial charge in [0, 0.05) is 6.92 Å². The minimum atomic E-state index is -0.366. The van der Waals surface area contributed by atoms with E-state index in [1.54, 1.807) is 6.07 Å². The average Bonchev–Trinajstić information content (AvgIpc) is 1.96. The molecule has 0 unspecified atom stereocenters. The number of aromatic nitrogens is 1. The van der Waals surface area contributed by atoms with Crippen LogP contribution in [-0.4, -0.2) is 11.0 Å². The zero-order valence-corrected chi connectivity index (χ0v) is 9.09.